The number of rotatable bonds is 7. The maximum Gasteiger partial charge on any atom is 0.271 e. The van der Waals surface area contributed by atoms with Crippen LogP contribution in [0.5, 0.6) is 5.75 Å². The van der Waals surface area contributed by atoms with E-state index in [0.717, 1.165) is 5.56 Å². The Morgan fingerprint density at radius 1 is 1.06 bits per heavy atom. The lowest BCUT2D eigenvalue weighted by Crippen LogP contribution is -2.20. The van der Waals surface area contributed by atoms with Gasteiger partial charge in [0.05, 0.1) is 11.2 Å². The minimum absolute atomic E-state index is 0.267. The normalized spacial score (nSPS) is 10.7. The quantitative estimate of drug-likeness (QED) is 0.418. The van der Waals surface area contributed by atoms with Crippen LogP contribution in [0, 0.1) is 12.7 Å². The average molecular weight is 440 g/mol. The third-order valence-electron chi connectivity index (χ3n) is 4.14. The van der Waals surface area contributed by atoms with E-state index in [9.17, 15) is 14.0 Å². The maximum absolute atomic E-state index is 12.9. The molecule has 0 aliphatic carbocycles. The van der Waals surface area contributed by atoms with Crippen LogP contribution in [0.2, 0.25) is 5.02 Å². The molecule has 0 radical (unpaired) electrons. The number of hydrogen-bond donors (Lipinski definition) is 2. The third kappa shape index (κ3) is 6.65. The molecule has 0 bridgehead atoms. The van der Waals surface area contributed by atoms with E-state index in [1.54, 1.807) is 30.3 Å². The van der Waals surface area contributed by atoms with Crippen molar-refractivity contribution in [3.05, 3.63) is 94.3 Å². The lowest BCUT2D eigenvalue weighted by molar-refractivity contribution is -0.118. The highest BCUT2D eigenvalue weighted by Gasteiger charge is 2.08. The first-order chi connectivity index (χ1) is 14.9. The largest absolute Gasteiger partial charge is 0.482 e. The molecule has 0 unspecified atom stereocenters. The molecule has 3 aromatic rings. The van der Waals surface area contributed by atoms with Crippen molar-refractivity contribution in [1.29, 1.82) is 0 Å². The Balaban J connectivity index is 1.51. The van der Waals surface area contributed by atoms with Gasteiger partial charge in [0.2, 0.25) is 0 Å². The van der Waals surface area contributed by atoms with Crippen LogP contribution in [0.25, 0.3) is 0 Å². The summed E-state index contributed by atoms with van der Waals surface area (Å²) < 4.78 is 18.3. The van der Waals surface area contributed by atoms with Crippen LogP contribution in [0.1, 0.15) is 21.5 Å². The van der Waals surface area contributed by atoms with E-state index in [0.29, 0.717) is 22.6 Å². The molecule has 0 spiro atoms. The Kier molecular flexibility index (Phi) is 7.35. The van der Waals surface area contributed by atoms with E-state index in [1.165, 1.54) is 30.5 Å². The first-order valence-electron chi connectivity index (χ1n) is 9.28. The van der Waals surface area contributed by atoms with Gasteiger partial charge in [-0.1, -0.05) is 29.3 Å². The fourth-order valence-electron chi connectivity index (χ4n) is 2.52. The molecule has 0 atom stereocenters. The Labute approximate surface area is 183 Å². The Bertz CT molecular complexity index is 1100. The number of aryl methyl sites for hydroxylation is 1. The SMILES string of the molecule is Cc1ccc(C(=O)N/N=C/c2ccc(OCC(=O)Nc3ccc(F)cc3)c(Cl)c2)cc1. The van der Waals surface area contributed by atoms with E-state index < -0.39 is 5.91 Å². The summed E-state index contributed by atoms with van der Waals surface area (Å²) in [5.74, 6) is -0.808. The number of carbonyl (C=O) groups is 2. The molecular formula is C23H19ClFN3O3. The molecule has 3 rings (SSSR count). The van der Waals surface area contributed by atoms with E-state index in [4.69, 9.17) is 16.3 Å². The lowest BCUT2D eigenvalue weighted by Gasteiger charge is -2.09. The van der Waals surface area contributed by atoms with E-state index in [-0.39, 0.29) is 23.4 Å². The first-order valence-corrected chi connectivity index (χ1v) is 9.66. The summed E-state index contributed by atoms with van der Waals surface area (Å²) in [7, 11) is 0. The van der Waals surface area contributed by atoms with Crippen molar-refractivity contribution in [3.8, 4) is 5.75 Å². The van der Waals surface area contributed by atoms with Crippen molar-refractivity contribution in [2.45, 2.75) is 6.92 Å². The molecule has 0 aliphatic heterocycles. The second-order valence-corrected chi connectivity index (χ2v) is 7.01. The molecule has 6 nitrogen and oxygen atoms in total. The van der Waals surface area contributed by atoms with Crippen molar-refractivity contribution < 1.29 is 18.7 Å². The minimum atomic E-state index is -0.410. The summed E-state index contributed by atoms with van der Waals surface area (Å²) in [6.45, 7) is 1.67. The van der Waals surface area contributed by atoms with Crippen molar-refractivity contribution in [2.75, 3.05) is 11.9 Å². The summed E-state index contributed by atoms with van der Waals surface area (Å²) in [6.07, 6.45) is 1.45. The van der Waals surface area contributed by atoms with Crippen molar-refractivity contribution in [2.24, 2.45) is 5.10 Å². The van der Waals surface area contributed by atoms with Crippen LogP contribution < -0.4 is 15.5 Å². The molecule has 158 valence electrons. The monoisotopic (exact) mass is 439 g/mol. The zero-order valence-corrected chi connectivity index (χ0v) is 17.3. The molecular weight excluding hydrogens is 421 g/mol. The lowest BCUT2D eigenvalue weighted by atomic mass is 10.1. The number of halogens is 2. The summed E-state index contributed by atoms with van der Waals surface area (Å²) in [4.78, 5) is 24.0. The summed E-state index contributed by atoms with van der Waals surface area (Å²) in [5, 5.41) is 6.79. The van der Waals surface area contributed by atoms with Gasteiger partial charge in [-0.2, -0.15) is 5.10 Å². The van der Waals surface area contributed by atoms with E-state index in [2.05, 4.69) is 15.8 Å². The maximum atomic E-state index is 12.9. The molecule has 31 heavy (non-hydrogen) atoms. The van der Waals surface area contributed by atoms with Gasteiger partial charge in [-0.05, 0) is 67.1 Å². The second kappa shape index (κ2) is 10.4. The van der Waals surface area contributed by atoms with Crippen molar-refractivity contribution in [3.63, 3.8) is 0 Å². The molecule has 0 fully saturated rings. The van der Waals surface area contributed by atoms with Gasteiger partial charge < -0.3 is 10.1 Å². The molecule has 2 amide bonds. The summed E-state index contributed by atoms with van der Waals surface area (Å²) in [6, 6.07) is 17.4. The van der Waals surface area contributed by atoms with Gasteiger partial charge >= 0.3 is 0 Å². The number of nitrogens with one attached hydrogen (secondary N) is 2. The molecule has 8 heteroatoms. The van der Waals surface area contributed by atoms with Gasteiger partial charge in [0.15, 0.2) is 6.61 Å². The Hall–Kier alpha value is -3.71. The summed E-state index contributed by atoms with van der Waals surface area (Å²) in [5.41, 5.74) is 5.11. The number of nitrogens with zero attached hydrogens (tertiary/aromatic N) is 1. The van der Waals surface area contributed by atoms with E-state index >= 15 is 0 Å². The fraction of sp³-hybridized carbons (Fsp3) is 0.0870. The fourth-order valence-corrected chi connectivity index (χ4v) is 2.77. The number of carbonyl (C=O) groups excluding carboxylic acids is 2. The van der Waals surface area contributed by atoms with Crippen LogP contribution >= 0.6 is 11.6 Å². The summed E-state index contributed by atoms with van der Waals surface area (Å²) >= 11 is 6.20. The number of anilines is 1. The van der Waals surface area contributed by atoms with Crippen LogP contribution in [0.3, 0.4) is 0 Å². The van der Waals surface area contributed by atoms with Gasteiger partial charge in [-0.3, -0.25) is 9.59 Å². The Morgan fingerprint density at radius 3 is 2.45 bits per heavy atom. The van der Waals surface area contributed by atoms with Crippen molar-refractivity contribution in [1.82, 2.24) is 5.43 Å². The standard InChI is InChI=1S/C23H19ClFN3O3/c1-15-2-5-17(6-3-15)23(30)28-26-13-16-4-11-21(20(24)12-16)31-14-22(29)27-19-9-7-18(25)8-10-19/h2-13H,14H2,1H3,(H,27,29)(H,28,30)/b26-13+. The predicted octanol–water partition coefficient (Wildman–Crippen LogP) is 4.57. The number of hydrazone groups is 1. The van der Waals surface area contributed by atoms with Crippen molar-refractivity contribution >= 4 is 35.3 Å². The molecule has 3 aromatic carbocycles. The highest BCUT2D eigenvalue weighted by Crippen LogP contribution is 2.25. The first kappa shape index (κ1) is 22.0. The highest BCUT2D eigenvalue weighted by atomic mass is 35.5. The van der Waals surface area contributed by atoms with Crippen LogP contribution in [-0.4, -0.2) is 24.6 Å². The predicted molar refractivity (Wildman–Crippen MR) is 118 cm³/mol. The second-order valence-electron chi connectivity index (χ2n) is 6.60. The molecule has 2 N–H and O–H groups in total. The zero-order valence-electron chi connectivity index (χ0n) is 16.6. The molecule has 0 heterocycles. The highest BCUT2D eigenvalue weighted by molar-refractivity contribution is 6.32. The Morgan fingerprint density at radius 2 is 1.77 bits per heavy atom. The van der Waals surface area contributed by atoms with Gasteiger partial charge in [0.1, 0.15) is 11.6 Å². The van der Waals surface area contributed by atoms with Gasteiger partial charge in [0, 0.05) is 11.3 Å². The zero-order chi connectivity index (χ0) is 22.2. The van der Waals surface area contributed by atoms with E-state index in [1.807, 2.05) is 19.1 Å². The molecule has 0 saturated carbocycles. The molecule has 0 aromatic heterocycles. The topological polar surface area (TPSA) is 79.8 Å². The molecule has 0 aliphatic rings. The number of benzene rings is 3. The average Bonchev–Trinajstić information content (AvgIpc) is 2.75. The smallest absolute Gasteiger partial charge is 0.271 e. The number of hydrogen-bond acceptors (Lipinski definition) is 4. The number of amides is 2. The molecule has 0 saturated heterocycles. The minimum Gasteiger partial charge on any atom is -0.482 e. The number of ether oxygens (including phenoxy) is 1. The van der Waals surface area contributed by atoms with Crippen LogP contribution in [-0.2, 0) is 4.79 Å². The van der Waals surface area contributed by atoms with Gasteiger partial charge in [0.25, 0.3) is 11.8 Å². The van der Waals surface area contributed by atoms with Gasteiger partial charge in [-0.25, -0.2) is 9.82 Å². The van der Waals surface area contributed by atoms with Crippen LogP contribution in [0.4, 0.5) is 10.1 Å². The van der Waals surface area contributed by atoms with Crippen LogP contribution in [0.15, 0.2) is 71.8 Å². The third-order valence-corrected chi connectivity index (χ3v) is 4.43. The van der Waals surface area contributed by atoms with Gasteiger partial charge in [-0.15, -0.1) is 0 Å².